The minimum absolute atomic E-state index is 0.0772. The van der Waals surface area contributed by atoms with Gasteiger partial charge in [-0.05, 0) is 13.0 Å². The van der Waals surface area contributed by atoms with Crippen molar-refractivity contribution in [2.24, 2.45) is 0 Å². The van der Waals surface area contributed by atoms with Gasteiger partial charge < -0.3 is 4.74 Å². The number of Topliss-reactive ketones (excluding diaryl/α,β-unsaturated/α-hetero) is 1. The number of para-hydroxylation sites is 1. The first-order chi connectivity index (χ1) is 7.74. The van der Waals surface area contributed by atoms with Crippen molar-refractivity contribution in [3.8, 4) is 5.75 Å². The van der Waals surface area contributed by atoms with E-state index in [1.165, 1.54) is 0 Å². The number of methoxy groups -OCH3 is 1. The molecule has 0 bridgehead atoms. The summed E-state index contributed by atoms with van der Waals surface area (Å²) in [5.41, 5.74) is 9.64. The van der Waals surface area contributed by atoms with E-state index in [2.05, 4.69) is 16.4 Å². The van der Waals surface area contributed by atoms with Gasteiger partial charge in [0.25, 0.3) is 0 Å². The van der Waals surface area contributed by atoms with Crippen molar-refractivity contribution in [3.63, 3.8) is 0 Å². The van der Waals surface area contributed by atoms with Gasteiger partial charge in [0.2, 0.25) is 0 Å². The van der Waals surface area contributed by atoms with Crippen molar-refractivity contribution >= 4 is 5.78 Å². The monoisotopic (exact) mass is 221 g/mol. The third-order valence-corrected chi connectivity index (χ3v) is 2.70. The number of hydrogen-bond acceptors (Lipinski definition) is 5. The summed E-state index contributed by atoms with van der Waals surface area (Å²) in [6, 6.07) is 7.26. The zero-order valence-corrected chi connectivity index (χ0v) is 9.28. The van der Waals surface area contributed by atoms with E-state index in [1.54, 1.807) is 14.0 Å². The number of rotatable bonds is 3. The van der Waals surface area contributed by atoms with E-state index in [9.17, 15) is 4.79 Å². The van der Waals surface area contributed by atoms with Gasteiger partial charge in [0, 0.05) is 5.56 Å². The molecule has 1 aromatic rings. The molecule has 0 aromatic heterocycles. The van der Waals surface area contributed by atoms with Gasteiger partial charge in [-0.3, -0.25) is 4.79 Å². The van der Waals surface area contributed by atoms with Crippen molar-refractivity contribution in [2.75, 3.05) is 7.11 Å². The summed E-state index contributed by atoms with van der Waals surface area (Å²) < 4.78 is 5.28. The van der Waals surface area contributed by atoms with Gasteiger partial charge >= 0.3 is 0 Å². The summed E-state index contributed by atoms with van der Waals surface area (Å²) in [6.07, 6.45) is 0. The van der Waals surface area contributed by atoms with Crippen LogP contribution in [0, 0.1) is 0 Å². The highest BCUT2D eigenvalue weighted by Crippen LogP contribution is 2.28. The van der Waals surface area contributed by atoms with Crippen molar-refractivity contribution < 1.29 is 9.53 Å². The Labute approximate surface area is 94.1 Å². The lowest BCUT2D eigenvalue weighted by atomic mass is 9.97. The number of benzene rings is 1. The zero-order chi connectivity index (χ0) is 11.5. The Morgan fingerprint density at radius 1 is 1.31 bits per heavy atom. The average Bonchev–Trinajstić information content (AvgIpc) is 2.77. The maximum atomic E-state index is 11.4. The van der Waals surface area contributed by atoms with Crippen LogP contribution in [0.5, 0.6) is 5.75 Å². The molecule has 1 aliphatic rings. The summed E-state index contributed by atoms with van der Waals surface area (Å²) in [7, 11) is 1.62. The molecule has 1 saturated heterocycles. The molecule has 3 N–H and O–H groups in total. The Hall–Kier alpha value is -1.43. The molecule has 16 heavy (non-hydrogen) atoms. The molecule has 0 amide bonds. The number of hydrazine groups is 2. The van der Waals surface area contributed by atoms with Crippen LogP contribution in [0.25, 0.3) is 0 Å². The molecule has 2 rings (SSSR count). The van der Waals surface area contributed by atoms with E-state index in [0.29, 0.717) is 0 Å². The van der Waals surface area contributed by atoms with E-state index < -0.39 is 0 Å². The van der Waals surface area contributed by atoms with Gasteiger partial charge in [-0.25, -0.2) is 10.9 Å². The number of carbonyl (C=O) groups excluding carboxylic acids is 1. The van der Waals surface area contributed by atoms with Gasteiger partial charge in [-0.1, -0.05) is 18.2 Å². The van der Waals surface area contributed by atoms with Gasteiger partial charge in [0.05, 0.1) is 13.2 Å². The molecule has 2 atom stereocenters. The Bertz CT molecular complexity index is 395. The average molecular weight is 221 g/mol. The first kappa shape index (κ1) is 11.1. The third kappa shape index (κ3) is 1.92. The largest absolute Gasteiger partial charge is 0.496 e. The van der Waals surface area contributed by atoms with Crippen LogP contribution in [0.3, 0.4) is 0 Å². The zero-order valence-electron chi connectivity index (χ0n) is 9.28. The van der Waals surface area contributed by atoms with Crippen LogP contribution in [0.2, 0.25) is 0 Å². The molecule has 0 radical (unpaired) electrons. The fourth-order valence-electron chi connectivity index (χ4n) is 1.88. The Morgan fingerprint density at radius 2 is 2.06 bits per heavy atom. The molecule has 5 heteroatoms. The van der Waals surface area contributed by atoms with E-state index in [4.69, 9.17) is 4.74 Å². The van der Waals surface area contributed by atoms with E-state index >= 15 is 0 Å². The van der Waals surface area contributed by atoms with E-state index in [-0.39, 0.29) is 17.9 Å². The van der Waals surface area contributed by atoms with Gasteiger partial charge in [0.1, 0.15) is 17.6 Å². The van der Waals surface area contributed by atoms with Crippen molar-refractivity contribution in [1.82, 2.24) is 16.4 Å². The summed E-state index contributed by atoms with van der Waals surface area (Å²) in [6.45, 7) is 1.56. The molecule has 2 unspecified atom stereocenters. The molecule has 1 fully saturated rings. The number of hydrogen-bond donors (Lipinski definition) is 3. The van der Waals surface area contributed by atoms with Crippen LogP contribution in [-0.2, 0) is 4.79 Å². The molecular weight excluding hydrogens is 206 g/mol. The maximum Gasteiger partial charge on any atom is 0.150 e. The standard InChI is InChI=1S/C11H15N3O2/c1-7(15)10-11(13-14-12-10)8-5-3-4-6-9(8)16-2/h3-6,10-14H,1-2H3. The molecule has 1 heterocycles. The Kier molecular flexibility index (Phi) is 3.19. The van der Waals surface area contributed by atoms with Crippen molar-refractivity contribution in [2.45, 2.75) is 19.0 Å². The molecule has 1 aromatic carbocycles. The predicted molar refractivity (Wildman–Crippen MR) is 59.6 cm³/mol. The highest BCUT2D eigenvalue weighted by Gasteiger charge is 2.32. The maximum absolute atomic E-state index is 11.4. The topological polar surface area (TPSA) is 62.4 Å². The fraction of sp³-hybridized carbons (Fsp3) is 0.364. The summed E-state index contributed by atoms with van der Waals surface area (Å²) in [4.78, 5) is 11.4. The molecule has 0 aliphatic carbocycles. The van der Waals surface area contributed by atoms with Gasteiger partial charge in [0.15, 0.2) is 0 Å². The molecular formula is C11H15N3O2. The molecule has 0 spiro atoms. The normalized spacial score (nSPS) is 24.4. The van der Waals surface area contributed by atoms with Crippen LogP contribution >= 0.6 is 0 Å². The third-order valence-electron chi connectivity index (χ3n) is 2.70. The summed E-state index contributed by atoms with van der Waals surface area (Å²) >= 11 is 0. The van der Waals surface area contributed by atoms with Gasteiger partial charge in [-0.2, -0.15) is 5.53 Å². The number of carbonyl (C=O) groups is 1. The lowest BCUT2D eigenvalue weighted by molar-refractivity contribution is -0.119. The first-order valence-electron chi connectivity index (χ1n) is 5.13. The Morgan fingerprint density at radius 3 is 2.75 bits per heavy atom. The second kappa shape index (κ2) is 4.61. The summed E-state index contributed by atoms with van der Waals surface area (Å²) in [5, 5.41) is 0. The molecule has 86 valence electrons. The second-order valence-corrected chi connectivity index (χ2v) is 3.72. The van der Waals surface area contributed by atoms with Crippen molar-refractivity contribution in [3.05, 3.63) is 29.8 Å². The summed E-state index contributed by atoms with van der Waals surface area (Å²) in [5.74, 6) is 0.852. The minimum Gasteiger partial charge on any atom is -0.496 e. The quantitative estimate of drug-likeness (QED) is 0.685. The van der Waals surface area contributed by atoms with E-state index in [1.807, 2.05) is 24.3 Å². The molecule has 0 saturated carbocycles. The SMILES string of the molecule is COc1ccccc1C1NNNC1C(C)=O. The molecule has 1 aliphatic heterocycles. The second-order valence-electron chi connectivity index (χ2n) is 3.72. The number of nitrogens with one attached hydrogen (secondary N) is 3. The molecule has 5 nitrogen and oxygen atoms in total. The van der Waals surface area contributed by atoms with E-state index in [0.717, 1.165) is 11.3 Å². The Balaban J connectivity index is 2.32. The smallest absolute Gasteiger partial charge is 0.150 e. The number of ketones is 1. The van der Waals surface area contributed by atoms with Gasteiger partial charge in [-0.15, -0.1) is 0 Å². The van der Waals surface area contributed by atoms with Crippen LogP contribution < -0.4 is 21.1 Å². The number of ether oxygens (including phenoxy) is 1. The highest BCUT2D eigenvalue weighted by atomic mass is 16.5. The van der Waals surface area contributed by atoms with Crippen LogP contribution in [0.15, 0.2) is 24.3 Å². The minimum atomic E-state index is -0.281. The lowest BCUT2D eigenvalue weighted by Crippen LogP contribution is -2.37. The predicted octanol–water partition coefficient (Wildman–Crippen LogP) is 0.306. The van der Waals surface area contributed by atoms with Crippen LogP contribution in [0.4, 0.5) is 0 Å². The van der Waals surface area contributed by atoms with Crippen molar-refractivity contribution in [1.29, 1.82) is 0 Å². The van der Waals surface area contributed by atoms with Crippen LogP contribution in [-0.4, -0.2) is 18.9 Å². The fourth-order valence-corrected chi connectivity index (χ4v) is 1.88. The van der Waals surface area contributed by atoms with Crippen LogP contribution in [0.1, 0.15) is 18.5 Å². The first-order valence-corrected chi connectivity index (χ1v) is 5.13. The lowest BCUT2D eigenvalue weighted by Gasteiger charge is -2.18. The highest BCUT2D eigenvalue weighted by molar-refractivity contribution is 5.83.